The van der Waals surface area contributed by atoms with E-state index in [1.54, 1.807) is 4.68 Å². The molecular weight excluding hydrogens is 364 g/mol. The molecule has 1 aliphatic rings. The minimum atomic E-state index is -0.547. The molecule has 7 heteroatoms. The Morgan fingerprint density at radius 3 is 2.59 bits per heavy atom. The summed E-state index contributed by atoms with van der Waals surface area (Å²) in [5.74, 6) is -0.106. The minimum Gasteiger partial charge on any atom is -0.378 e. The third-order valence-corrected chi connectivity index (χ3v) is 5.24. The molecule has 0 radical (unpaired) electrons. The third-order valence-electron chi connectivity index (χ3n) is 5.24. The number of para-hydroxylation sites is 1. The van der Waals surface area contributed by atoms with Crippen LogP contribution in [0.15, 0.2) is 67.1 Å². The Balaban J connectivity index is 1.73. The van der Waals surface area contributed by atoms with Crippen LogP contribution >= 0.6 is 0 Å². The minimum absolute atomic E-state index is 0.139. The van der Waals surface area contributed by atoms with Gasteiger partial charge in [0.1, 0.15) is 12.2 Å². The zero-order valence-corrected chi connectivity index (χ0v) is 16.8. The Labute approximate surface area is 170 Å². The first-order chi connectivity index (χ1) is 14.0. The average molecular weight is 388 g/mol. The van der Waals surface area contributed by atoms with Crippen molar-refractivity contribution < 1.29 is 4.79 Å². The van der Waals surface area contributed by atoms with Crippen molar-refractivity contribution in [3.63, 3.8) is 0 Å². The van der Waals surface area contributed by atoms with Gasteiger partial charge in [-0.25, -0.2) is 4.68 Å². The predicted molar refractivity (Wildman–Crippen MR) is 115 cm³/mol. The molecule has 2 atom stereocenters. The van der Waals surface area contributed by atoms with Crippen molar-refractivity contribution in [2.24, 2.45) is 5.92 Å². The van der Waals surface area contributed by atoms with E-state index < -0.39 is 5.92 Å². The molecule has 7 nitrogen and oxygen atoms in total. The number of nitrogens with one attached hydrogen (secondary N) is 2. The van der Waals surface area contributed by atoms with Crippen LogP contribution in [0.1, 0.15) is 17.2 Å². The molecule has 0 fully saturated rings. The molecule has 3 aromatic rings. The van der Waals surface area contributed by atoms with Crippen molar-refractivity contribution in [3.05, 3.63) is 78.3 Å². The first-order valence-corrected chi connectivity index (χ1v) is 9.45. The maximum atomic E-state index is 13.3. The van der Waals surface area contributed by atoms with Gasteiger partial charge in [-0.1, -0.05) is 36.9 Å². The van der Waals surface area contributed by atoms with Crippen molar-refractivity contribution in [3.8, 4) is 0 Å². The first-order valence-electron chi connectivity index (χ1n) is 9.45. The van der Waals surface area contributed by atoms with Crippen molar-refractivity contribution in [1.29, 1.82) is 0 Å². The highest BCUT2D eigenvalue weighted by atomic mass is 16.2. The summed E-state index contributed by atoms with van der Waals surface area (Å²) in [5.41, 5.74) is 4.44. The second-order valence-electron chi connectivity index (χ2n) is 7.39. The lowest BCUT2D eigenvalue weighted by atomic mass is 9.88. The maximum absolute atomic E-state index is 13.3. The number of carbonyl (C=O) groups excluding carboxylic acids is 1. The maximum Gasteiger partial charge on any atom is 0.235 e. The number of rotatable bonds is 4. The molecule has 2 heterocycles. The van der Waals surface area contributed by atoms with Crippen molar-refractivity contribution >= 4 is 23.2 Å². The molecule has 0 aliphatic carbocycles. The van der Waals surface area contributed by atoms with E-state index in [4.69, 9.17) is 0 Å². The fourth-order valence-corrected chi connectivity index (χ4v) is 3.62. The lowest BCUT2D eigenvalue weighted by Gasteiger charge is -2.34. The molecule has 2 N–H and O–H groups in total. The van der Waals surface area contributed by atoms with Gasteiger partial charge in [-0.2, -0.15) is 10.1 Å². The summed E-state index contributed by atoms with van der Waals surface area (Å²) in [7, 11) is 3.99. The number of aryl methyl sites for hydroxylation is 1. The van der Waals surface area contributed by atoms with Crippen LogP contribution < -0.4 is 15.5 Å². The van der Waals surface area contributed by atoms with E-state index in [2.05, 4.69) is 27.3 Å². The molecule has 0 spiro atoms. The van der Waals surface area contributed by atoms with Gasteiger partial charge in [-0.3, -0.25) is 4.79 Å². The van der Waals surface area contributed by atoms with Gasteiger partial charge in [0.2, 0.25) is 11.9 Å². The molecule has 1 aliphatic heterocycles. The van der Waals surface area contributed by atoms with Crippen LogP contribution in [0.4, 0.5) is 17.3 Å². The van der Waals surface area contributed by atoms with Gasteiger partial charge in [0.25, 0.3) is 0 Å². The van der Waals surface area contributed by atoms with Crippen LogP contribution in [0.5, 0.6) is 0 Å². The number of anilines is 3. The van der Waals surface area contributed by atoms with Crippen LogP contribution in [0.2, 0.25) is 0 Å². The fourth-order valence-electron chi connectivity index (χ4n) is 3.62. The first kappa shape index (κ1) is 18.7. The largest absolute Gasteiger partial charge is 0.378 e. The number of carbonyl (C=O) groups is 1. The summed E-state index contributed by atoms with van der Waals surface area (Å²) in [4.78, 5) is 19.6. The lowest BCUT2D eigenvalue weighted by Crippen LogP contribution is -2.39. The van der Waals surface area contributed by atoms with Gasteiger partial charge in [0.05, 0.1) is 6.04 Å². The van der Waals surface area contributed by atoms with Gasteiger partial charge < -0.3 is 15.5 Å². The highest BCUT2D eigenvalue weighted by Gasteiger charge is 2.39. The molecular formula is C22H24N6O. The molecule has 148 valence electrons. The van der Waals surface area contributed by atoms with Crippen LogP contribution in [-0.4, -0.2) is 34.8 Å². The number of benzene rings is 2. The fraction of sp³-hybridized carbons (Fsp3) is 0.227. The van der Waals surface area contributed by atoms with Gasteiger partial charge >= 0.3 is 0 Å². The summed E-state index contributed by atoms with van der Waals surface area (Å²) in [6, 6.07) is 15.5. The normalized spacial score (nSPS) is 18.0. The van der Waals surface area contributed by atoms with E-state index in [1.807, 2.05) is 74.4 Å². The molecule has 0 bridgehead atoms. The molecule has 1 aromatic heterocycles. The summed E-state index contributed by atoms with van der Waals surface area (Å²) in [6.45, 7) is 6.09. The van der Waals surface area contributed by atoms with Crippen LogP contribution in [0.25, 0.3) is 0 Å². The van der Waals surface area contributed by atoms with Crippen molar-refractivity contribution in [1.82, 2.24) is 14.8 Å². The summed E-state index contributed by atoms with van der Waals surface area (Å²) in [5, 5.41) is 10.6. The number of aromatic nitrogens is 3. The highest BCUT2D eigenvalue weighted by Crippen LogP contribution is 2.38. The number of fused-ring (bicyclic) bond motifs is 1. The molecule has 0 saturated heterocycles. The SMILES string of the molecule is C=C1Nc2ncnn2[C@H](c2ccc(N(C)C)cc2)[C@@H]1C(=O)Nc1ccccc1C. The Kier molecular flexibility index (Phi) is 4.80. The Morgan fingerprint density at radius 1 is 1.17 bits per heavy atom. The number of hydrogen-bond donors (Lipinski definition) is 2. The summed E-state index contributed by atoms with van der Waals surface area (Å²) >= 11 is 0. The van der Waals surface area contributed by atoms with Gasteiger partial charge in [-0.15, -0.1) is 0 Å². The van der Waals surface area contributed by atoms with Crippen molar-refractivity contribution in [2.45, 2.75) is 13.0 Å². The third kappa shape index (κ3) is 3.47. The molecule has 29 heavy (non-hydrogen) atoms. The summed E-state index contributed by atoms with van der Waals surface area (Å²) in [6.07, 6.45) is 1.48. The van der Waals surface area contributed by atoms with E-state index in [9.17, 15) is 4.79 Å². The molecule has 1 amide bonds. The monoisotopic (exact) mass is 388 g/mol. The standard InChI is InChI=1S/C22H24N6O/c1-14-7-5-6-8-18(14)26-21(29)19-15(2)25-22-23-13-24-28(22)20(19)16-9-11-17(12-10-16)27(3)4/h5-13,19-20H,2H2,1,3-4H3,(H,26,29)(H,23,24,25)/t19-,20-/m1/s1. The lowest BCUT2D eigenvalue weighted by molar-refractivity contribution is -0.119. The number of amides is 1. The average Bonchev–Trinajstić information content (AvgIpc) is 3.16. The molecule has 4 rings (SSSR count). The van der Waals surface area contributed by atoms with E-state index in [-0.39, 0.29) is 11.9 Å². The Bertz CT molecular complexity index is 1050. The molecule has 0 saturated carbocycles. The van der Waals surface area contributed by atoms with Gasteiger partial charge in [0, 0.05) is 31.2 Å². The Hall–Kier alpha value is -3.61. The van der Waals surface area contributed by atoms with Gasteiger partial charge in [-0.05, 0) is 36.2 Å². The van der Waals surface area contributed by atoms with Crippen LogP contribution in [-0.2, 0) is 4.79 Å². The number of nitrogens with zero attached hydrogens (tertiary/aromatic N) is 4. The van der Waals surface area contributed by atoms with E-state index in [1.165, 1.54) is 6.33 Å². The van der Waals surface area contributed by atoms with E-state index >= 15 is 0 Å². The van der Waals surface area contributed by atoms with Crippen LogP contribution in [0.3, 0.4) is 0 Å². The highest BCUT2D eigenvalue weighted by molar-refractivity contribution is 5.96. The zero-order chi connectivity index (χ0) is 20.5. The zero-order valence-electron chi connectivity index (χ0n) is 16.8. The quantitative estimate of drug-likeness (QED) is 0.716. The van der Waals surface area contributed by atoms with Gasteiger partial charge in [0.15, 0.2) is 0 Å². The molecule has 0 unspecified atom stereocenters. The van der Waals surface area contributed by atoms with Crippen molar-refractivity contribution in [2.75, 3.05) is 29.6 Å². The smallest absolute Gasteiger partial charge is 0.235 e. The Morgan fingerprint density at radius 2 is 1.90 bits per heavy atom. The van der Waals surface area contributed by atoms with Crippen LogP contribution in [0, 0.1) is 12.8 Å². The van der Waals surface area contributed by atoms with E-state index in [0.717, 1.165) is 22.5 Å². The molecule has 2 aromatic carbocycles. The summed E-state index contributed by atoms with van der Waals surface area (Å²) < 4.78 is 1.75. The second-order valence-corrected chi connectivity index (χ2v) is 7.39. The predicted octanol–water partition coefficient (Wildman–Crippen LogP) is 3.44. The van der Waals surface area contributed by atoms with E-state index in [0.29, 0.717) is 11.6 Å². The second kappa shape index (κ2) is 7.43. The topological polar surface area (TPSA) is 75.1 Å². The number of hydrogen-bond acceptors (Lipinski definition) is 5.